The maximum absolute atomic E-state index is 12.1. The van der Waals surface area contributed by atoms with Gasteiger partial charge < -0.3 is 9.47 Å². The molecule has 0 radical (unpaired) electrons. The Bertz CT molecular complexity index is 844. The molecule has 0 bridgehead atoms. The summed E-state index contributed by atoms with van der Waals surface area (Å²) in [5.41, 5.74) is 0.867. The number of ether oxygens (including phenoxy) is 2. The molecule has 0 aliphatic rings. The largest absolute Gasteiger partial charge is 0.496 e. The van der Waals surface area contributed by atoms with Gasteiger partial charge in [-0.2, -0.15) is 13.5 Å². The first kappa shape index (κ1) is 18.5. The van der Waals surface area contributed by atoms with Crippen LogP contribution in [0.5, 0.6) is 11.5 Å². The normalized spacial score (nSPS) is 11.8. The summed E-state index contributed by atoms with van der Waals surface area (Å²) < 4.78 is 34.8. The molecule has 132 valence electrons. The lowest BCUT2D eigenvalue weighted by atomic mass is 10.2. The SMILES string of the molecule is CCOc1ccc(S(=O)(=O)N/N=C/C=C/c2ccccc2OC)cc1. The summed E-state index contributed by atoms with van der Waals surface area (Å²) in [6.45, 7) is 2.38. The molecule has 25 heavy (non-hydrogen) atoms. The van der Waals surface area contributed by atoms with Gasteiger partial charge in [0.25, 0.3) is 10.0 Å². The maximum Gasteiger partial charge on any atom is 0.276 e. The standard InChI is InChI=1S/C18H20N2O4S/c1-3-24-16-10-12-17(13-11-16)25(21,22)20-19-14-6-8-15-7-4-5-9-18(15)23-2/h4-14,20H,3H2,1-2H3/b8-6+,19-14+. The third-order valence-electron chi connectivity index (χ3n) is 3.19. The molecule has 0 spiro atoms. The minimum absolute atomic E-state index is 0.113. The monoisotopic (exact) mass is 360 g/mol. The van der Waals surface area contributed by atoms with E-state index in [4.69, 9.17) is 9.47 Å². The second kappa shape index (κ2) is 8.89. The summed E-state index contributed by atoms with van der Waals surface area (Å²) in [6.07, 6.45) is 4.75. The van der Waals surface area contributed by atoms with Gasteiger partial charge in [-0.25, -0.2) is 4.83 Å². The molecule has 0 fully saturated rings. The van der Waals surface area contributed by atoms with Gasteiger partial charge in [0.05, 0.1) is 18.6 Å². The molecule has 2 rings (SSSR count). The van der Waals surface area contributed by atoms with Gasteiger partial charge in [-0.15, -0.1) is 0 Å². The molecule has 0 saturated carbocycles. The lowest BCUT2D eigenvalue weighted by Crippen LogP contribution is -2.18. The average Bonchev–Trinajstić information content (AvgIpc) is 2.62. The lowest BCUT2D eigenvalue weighted by molar-refractivity contribution is 0.340. The topological polar surface area (TPSA) is 77.0 Å². The molecular weight excluding hydrogens is 340 g/mol. The first-order chi connectivity index (χ1) is 12.1. The van der Waals surface area contributed by atoms with Crippen LogP contribution in [0.3, 0.4) is 0 Å². The second-order valence-electron chi connectivity index (χ2n) is 4.88. The molecule has 0 aliphatic carbocycles. The van der Waals surface area contributed by atoms with Crippen molar-refractivity contribution in [2.45, 2.75) is 11.8 Å². The van der Waals surface area contributed by atoms with Crippen molar-refractivity contribution in [3.05, 3.63) is 60.2 Å². The van der Waals surface area contributed by atoms with Crippen LogP contribution in [-0.4, -0.2) is 28.3 Å². The van der Waals surface area contributed by atoms with E-state index in [9.17, 15) is 8.42 Å². The molecule has 0 heterocycles. The van der Waals surface area contributed by atoms with Crippen LogP contribution in [0.25, 0.3) is 6.08 Å². The Kier molecular flexibility index (Phi) is 6.59. The van der Waals surface area contributed by atoms with Gasteiger partial charge in [0.1, 0.15) is 11.5 Å². The number of hydrogen-bond acceptors (Lipinski definition) is 5. The van der Waals surface area contributed by atoms with Crippen molar-refractivity contribution in [2.75, 3.05) is 13.7 Å². The van der Waals surface area contributed by atoms with E-state index in [1.54, 1.807) is 31.4 Å². The number of benzene rings is 2. The summed E-state index contributed by atoms with van der Waals surface area (Å²) in [5.74, 6) is 1.34. The summed E-state index contributed by atoms with van der Waals surface area (Å²) in [5, 5.41) is 3.73. The Hall–Kier alpha value is -2.80. The number of rotatable bonds is 8. The first-order valence-electron chi connectivity index (χ1n) is 7.64. The van der Waals surface area contributed by atoms with Gasteiger partial charge in [-0.05, 0) is 49.4 Å². The number of sulfonamides is 1. The van der Waals surface area contributed by atoms with Gasteiger partial charge in [-0.3, -0.25) is 0 Å². The number of nitrogens with zero attached hydrogens (tertiary/aromatic N) is 1. The van der Waals surface area contributed by atoms with E-state index in [0.717, 1.165) is 11.3 Å². The van der Waals surface area contributed by atoms with Crippen LogP contribution in [-0.2, 0) is 10.0 Å². The molecule has 0 aromatic heterocycles. The highest BCUT2D eigenvalue weighted by molar-refractivity contribution is 7.89. The van der Waals surface area contributed by atoms with E-state index in [0.29, 0.717) is 12.4 Å². The van der Waals surface area contributed by atoms with Crippen LogP contribution in [0, 0.1) is 0 Å². The first-order valence-corrected chi connectivity index (χ1v) is 9.12. The average molecular weight is 360 g/mol. The Labute approximate surface area is 147 Å². The fraction of sp³-hybridized carbons (Fsp3) is 0.167. The number of hydrazone groups is 1. The summed E-state index contributed by atoms with van der Waals surface area (Å²) in [7, 11) is -2.12. The Balaban J connectivity index is 1.99. The molecule has 2 aromatic carbocycles. The predicted octanol–water partition coefficient (Wildman–Crippen LogP) is 3.07. The highest BCUT2D eigenvalue weighted by atomic mass is 32.2. The number of hydrogen-bond donors (Lipinski definition) is 1. The van der Waals surface area contributed by atoms with Crippen LogP contribution in [0.1, 0.15) is 12.5 Å². The van der Waals surface area contributed by atoms with E-state index < -0.39 is 10.0 Å². The number of para-hydroxylation sites is 1. The van der Waals surface area contributed by atoms with Gasteiger partial charge in [0, 0.05) is 11.8 Å². The fourth-order valence-corrected chi connectivity index (χ4v) is 2.83. The van der Waals surface area contributed by atoms with Crippen molar-refractivity contribution in [1.29, 1.82) is 0 Å². The predicted molar refractivity (Wildman–Crippen MR) is 98.5 cm³/mol. The molecule has 0 aliphatic heterocycles. The molecule has 1 N–H and O–H groups in total. The molecule has 7 heteroatoms. The summed E-state index contributed by atoms with van der Waals surface area (Å²) >= 11 is 0. The minimum atomic E-state index is -3.71. The number of allylic oxidation sites excluding steroid dienone is 1. The van der Waals surface area contributed by atoms with Crippen molar-refractivity contribution in [1.82, 2.24) is 4.83 Å². The zero-order valence-electron chi connectivity index (χ0n) is 14.0. The van der Waals surface area contributed by atoms with Crippen LogP contribution < -0.4 is 14.3 Å². The maximum atomic E-state index is 12.1. The smallest absolute Gasteiger partial charge is 0.276 e. The third kappa shape index (κ3) is 5.36. The Morgan fingerprint density at radius 1 is 1.12 bits per heavy atom. The van der Waals surface area contributed by atoms with Crippen LogP contribution >= 0.6 is 0 Å². The quantitative estimate of drug-likeness (QED) is 0.580. The summed E-state index contributed by atoms with van der Waals surface area (Å²) in [6, 6.07) is 13.6. The molecule has 2 aromatic rings. The van der Waals surface area contributed by atoms with Gasteiger partial charge in [0.15, 0.2) is 0 Å². The van der Waals surface area contributed by atoms with E-state index in [1.807, 2.05) is 31.2 Å². The molecule has 0 amide bonds. The van der Waals surface area contributed by atoms with Gasteiger partial charge in [-0.1, -0.05) is 18.2 Å². The van der Waals surface area contributed by atoms with Crippen molar-refractivity contribution >= 4 is 22.3 Å². The Morgan fingerprint density at radius 2 is 1.84 bits per heavy atom. The van der Waals surface area contributed by atoms with Crippen molar-refractivity contribution < 1.29 is 17.9 Å². The highest BCUT2D eigenvalue weighted by Gasteiger charge is 2.12. The van der Waals surface area contributed by atoms with Gasteiger partial charge >= 0.3 is 0 Å². The van der Waals surface area contributed by atoms with E-state index in [2.05, 4.69) is 9.93 Å². The van der Waals surface area contributed by atoms with Crippen LogP contribution in [0.4, 0.5) is 0 Å². The van der Waals surface area contributed by atoms with Crippen molar-refractivity contribution in [3.8, 4) is 11.5 Å². The Morgan fingerprint density at radius 3 is 2.52 bits per heavy atom. The molecule has 6 nitrogen and oxygen atoms in total. The second-order valence-corrected chi connectivity index (χ2v) is 6.54. The number of nitrogens with one attached hydrogen (secondary N) is 1. The van der Waals surface area contributed by atoms with Crippen molar-refractivity contribution in [2.24, 2.45) is 5.10 Å². The molecular formula is C18H20N2O4S. The number of methoxy groups -OCH3 is 1. The van der Waals surface area contributed by atoms with Crippen LogP contribution in [0.2, 0.25) is 0 Å². The molecule has 0 saturated heterocycles. The van der Waals surface area contributed by atoms with Crippen LogP contribution in [0.15, 0.2) is 64.6 Å². The van der Waals surface area contributed by atoms with E-state index in [-0.39, 0.29) is 4.90 Å². The summed E-state index contributed by atoms with van der Waals surface area (Å²) in [4.78, 5) is 2.27. The zero-order valence-corrected chi connectivity index (χ0v) is 14.9. The molecule has 0 unspecified atom stereocenters. The molecule has 0 atom stereocenters. The lowest BCUT2D eigenvalue weighted by Gasteiger charge is -2.05. The fourth-order valence-electron chi connectivity index (χ4n) is 2.03. The van der Waals surface area contributed by atoms with E-state index in [1.165, 1.54) is 18.3 Å². The zero-order chi connectivity index (χ0) is 18.1. The van der Waals surface area contributed by atoms with Crippen molar-refractivity contribution in [3.63, 3.8) is 0 Å². The minimum Gasteiger partial charge on any atom is -0.496 e. The van der Waals surface area contributed by atoms with E-state index >= 15 is 0 Å². The van der Waals surface area contributed by atoms with Gasteiger partial charge in [0.2, 0.25) is 0 Å². The third-order valence-corrected chi connectivity index (χ3v) is 4.43. The highest BCUT2D eigenvalue weighted by Crippen LogP contribution is 2.18.